The van der Waals surface area contributed by atoms with Crippen molar-refractivity contribution in [1.29, 1.82) is 0 Å². The van der Waals surface area contributed by atoms with Crippen molar-refractivity contribution in [2.75, 3.05) is 18.4 Å². The zero-order valence-corrected chi connectivity index (χ0v) is 12.2. The summed E-state index contributed by atoms with van der Waals surface area (Å²) in [5, 5.41) is 20.8. The Morgan fingerprint density at radius 1 is 1.23 bits per heavy atom. The fourth-order valence-electron chi connectivity index (χ4n) is 2.48. The molecule has 0 saturated carbocycles. The number of aromatic nitrogens is 3. The van der Waals surface area contributed by atoms with Gasteiger partial charge in [-0.25, -0.2) is 4.79 Å². The standard InChI is InChI=1S/C15H19N5O2/c21-13-7-4-9-19(10-8-13)15(22)17-14-11-16-20(18-14)12-5-2-1-3-6-12/h1-3,5-6,11,13,21H,4,7-10H2,(H,17,18,22). The molecule has 1 aliphatic rings. The van der Waals surface area contributed by atoms with Crippen LogP contribution in [0.4, 0.5) is 10.6 Å². The normalized spacial score (nSPS) is 18.8. The first-order valence-corrected chi connectivity index (χ1v) is 7.44. The molecule has 22 heavy (non-hydrogen) atoms. The van der Waals surface area contributed by atoms with E-state index in [9.17, 15) is 9.90 Å². The maximum absolute atomic E-state index is 12.2. The molecule has 2 N–H and O–H groups in total. The van der Waals surface area contributed by atoms with E-state index >= 15 is 0 Å². The van der Waals surface area contributed by atoms with Crippen molar-refractivity contribution in [3.8, 4) is 5.69 Å². The van der Waals surface area contributed by atoms with Gasteiger partial charge in [0.25, 0.3) is 0 Å². The van der Waals surface area contributed by atoms with Crippen LogP contribution >= 0.6 is 0 Å². The predicted octanol–water partition coefficient (Wildman–Crippen LogP) is 1.65. The summed E-state index contributed by atoms with van der Waals surface area (Å²) in [6.07, 6.45) is 3.39. The van der Waals surface area contributed by atoms with Crippen molar-refractivity contribution in [2.24, 2.45) is 0 Å². The highest BCUT2D eigenvalue weighted by Gasteiger charge is 2.20. The smallest absolute Gasteiger partial charge is 0.323 e. The van der Waals surface area contributed by atoms with Crippen LogP contribution in [0, 0.1) is 0 Å². The molecule has 0 spiro atoms. The van der Waals surface area contributed by atoms with Gasteiger partial charge in [0.15, 0.2) is 5.82 Å². The van der Waals surface area contributed by atoms with Gasteiger partial charge in [0.1, 0.15) is 0 Å². The molecule has 3 rings (SSSR count). The molecule has 0 radical (unpaired) electrons. The van der Waals surface area contributed by atoms with Crippen molar-refractivity contribution in [3.05, 3.63) is 36.5 Å². The number of likely N-dealkylation sites (tertiary alicyclic amines) is 1. The van der Waals surface area contributed by atoms with Gasteiger partial charge in [-0.05, 0) is 31.4 Å². The lowest BCUT2D eigenvalue weighted by molar-refractivity contribution is 0.156. The molecule has 1 aromatic carbocycles. The Morgan fingerprint density at radius 2 is 2.05 bits per heavy atom. The summed E-state index contributed by atoms with van der Waals surface area (Å²) < 4.78 is 0. The number of rotatable bonds is 2. The molecular weight excluding hydrogens is 282 g/mol. The number of carbonyl (C=O) groups excluding carboxylic acids is 1. The molecule has 0 aliphatic carbocycles. The SMILES string of the molecule is O=C(Nc1cnn(-c2ccccc2)n1)N1CCCC(O)CC1. The highest BCUT2D eigenvalue weighted by atomic mass is 16.3. The Balaban J connectivity index is 1.63. The van der Waals surface area contributed by atoms with Crippen LogP contribution in [0.3, 0.4) is 0 Å². The summed E-state index contributed by atoms with van der Waals surface area (Å²) in [5.41, 5.74) is 0.834. The zero-order valence-electron chi connectivity index (χ0n) is 12.2. The maximum atomic E-state index is 12.2. The average molecular weight is 301 g/mol. The maximum Gasteiger partial charge on any atom is 0.323 e. The number of aliphatic hydroxyl groups excluding tert-OH is 1. The summed E-state index contributed by atoms with van der Waals surface area (Å²) in [5.74, 6) is 0.415. The zero-order chi connectivity index (χ0) is 15.4. The van der Waals surface area contributed by atoms with Crippen molar-refractivity contribution < 1.29 is 9.90 Å². The van der Waals surface area contributed by atoms with Crippen LogP contribution in [-0.4, -0.2) is 50.2 Å². The number of carbonyl (C=O) groups is 1. The minimum Gasteiger partial charge on any atom is -0.393 e. The molecule has 7 nitrogen and oxygen atoms in total. The molecule has 1 aromatic heterocycles. The molecule has 7 heteroatoms. The lowest BCUT2D eigenvalue weighted by Gasteiger charge is -2.19. The number of benzene rings is 1. The summed E-state index contributed by atoms with van der Waals surface area (Å²) >= 11 is 0. The number of hydrogen-bond acceptors (Lipinski definition) is 4. The van der Waals surface area contributed by atoms with Crippen molar-refractivity contribution >= 4 is 11.8 Å². The first-order valence-electron chi connectivity index (χ1n) is 7.44. The molecule has 2 aromatic rings. The molecule has 116 valence electrons. The van der Waals surface area contributed by atoms with Gasteiger partial charge in [-0.15, -0.1) is 9.90 Å². The third-order valence-corrected chi connectivity index (χ3v) is 3.70. The van der Waals surface area contributed by atoms with Crippen LogP contribution in [0.1, 0.15) is 19.3 Å². The van der Waals surface area contributed by atoms with Crippen LogP contribution in [0.25, 0.3) is 5.69 Å². The van der Waals surface area contributed by atoms with Gasteiger partial charge in [-0.3, -0.25) is 5.32 Å². The van der Waals surface area contributed by atoms with E-state index in [1.165, 1.54) is 11.0 Å². The number of aliphatic hydroxyl groups is 1. The van der Waals surface area contributed by atoms with Crippen LogP contribution in [0.2, 0.25) is 0 Å². The first kappa shape index (κ1) is 14.5. The minimum atomic E-state index is -0.309. The van der Waals surface area contributed by atoms with Crippen LogP contribution < -0.4 is 5.32 Å². The molecule has 1 atom stereocenters. The van der Waals surface area contributed by atoms with Crippen molar-refractivity contribution in [3.63, 3.8) is 0 Å². The largest absolute Gasteiger partial charge is 0.393 e. The van der Waals surface area contributed by atoms with Crippen LogP contribution in [0.5, 0.6) is 0 Å². The Kier molecular flexibility index (Phi) is 4.34. The second-order valence-electron chi connectivity index (χ2n) is 5.36. The number of hydrogen-bond donors (Lipinski definition) is 2. The van der Waals surface area contributed by atoms with Gasteiger partial charge in [0, 0.05) is 13.1 Å². The van der Waals surface area contributed by atoms with E-state index in [4.69, 9.17) is 0 Å². The fraction of sp³-hybridized carbons (Fsp3) is 0.400. The number of urea groups is 1. The number of amides is 2. The molecule has 2 amide bonds. The lowest BCUT2D eigenvalue weighted by Crippen LogP contribution is -2.36. The Bertz CT molecular complexity index is 628. The summed E-state index contributed by atoms with van der Waals surface area (Å²) in [7, 11) is 0. The molecule has 2 heterocycles. The van der Waals surface area contributed by atoms with Gasteiger partial charge in [0.2, 0.25) is 0 Å². The molecule has 1 saturated heterocycles. The third-order valence-electron chi connectivity index (χ3n) is 3.70. The van der Waals surface area contributed by atoms with E-state index < -0.39 is 0 Å². The topological polar surface area (TPSA) is 83.3 Å². The molecule has 1 fully saturated rings. The lowest BCUT2D eigenvalue weighted by atomic mass is 10.2. The van der Waals surface area contributed by atoms with Gasteiger partial charge >= 0.3 is 6.03 Å². The molecule has 0 bridgehead atoms. The Labute approximate surface area is 128 Å². The van der Waals surface area contributed by atoms with Crippen molar-refractivity contribution in [2.45, 2.75) is 25.4 Å². The highest BCUT2D eigenvalue weighted by Crippen LogP contribution is 2.13. The monoisotopic (exact) mass is 301 g/mol. The van der Waals surface area contributed by atoms with Crippen LogP contribution in [-0.2, 0) is 0 Å². The third kappa shape index (κ3) is 3.43. The summed E-state index contributed by atoms with van der Waals surface area (Å²) in [4.78, 5) is 15.4. The van der Waals surface area contributed by atoms with E-state index in [2.05, 4.69) is 15.5 Å². The quantitative estimate of drug-likeness (QED) is 0.883. The van der Waals surface area contributed by atoms with E-state index in [1.54, 1.807) is 4.90 Å². The number of para-hydroxylation sites is 1. The van der Waals surface area contributed by atoms with Crippen LogP contribution in [0.15, 0.2) is 36.5 Å². The molecule has 1 aliphatic heterocycles. The predicted molar refractivity (Wildman–Crippen MR) is 81.8 cm³/mol. The Hall–Kier alpha value is -2.41. The number of nitrogens with zero attached hydrogens (tertiary/aromatic N) is 4. The van der Waals surface area contributed by atoms with Crippen molar-refractivity contribution in [1.82, 2.24) is 19.9 Å². The van der Waals surface area contributed by atoms with E-state index in [0.717, 1.165) is 18.5 Å². The van der Waals surface area contributed by atoms with E-state index in [1.807, 2.05) is 30.3 Å². The molecular formula is C15H19N5O2. The second-order valence-corrected chi connectivity index (χ2v) is 5.36. The fourth-order valence-corrected chi connectivity index (χ4v) is 2.48. The summed E-state index contributed by atoms with van der Waals surface area (Å²) in [6.45, 7) is 1.20. The Morgan fingerprint density at radius 3 is 2.86 bits per heavy atom. The van der Waals surface area contributed by atoms with Gasteiger partial charge in [0.05, 0.1) is 18.0 Å². The number of anilines is 1. The highest BCUT2D eigenvalue weighted by molar-refractivity contribution is 5.88. The van der Waals surface area contributed by atoms with E-state index in [0.29, 0.717) is 25.3 Å². The molecule has 1 unspecified atom stereocenters. The van der Waals surface area contributed by atoms with Gasteiger partial charge in [-0.2, -0.15) is 5.10 Å². The average Bonchev–Trinajstić information content (AvgIpc) is 2.88. The van der Waals surface area contributed by atoms with E-state index in [-0.39, 0.29) is 12.1 Å². The van der Waals surface area contributed by atoms with Gasteiger partial charge < -0.3 is 10.0 Å². The minimum absolute atomic E-state index is 0.200. The first-order chi connectivity index (χ1) is 10.7. The number of nitrogens with one attached hydrogen (secondary N) is 1. The summed E-state index contributed by atoms with van der Waals surface area (Å²) in [6, 6.07) is 9.31. The van der Waals surface area contributed by atoms with Gasteiger partial charge in [-0.1, -0.05) is 18.2 Å². The second kappa shape index (κ2) is 6.57.